The summed E-state index contributed by atoms with van der Waals surface area (Å²) in [7, 11) is 0. The molecule has 3 aliphatic heterocycles. The monoisotopic (exact) mass is 605 g/mol. The number of benzene rings is 2. The van der Waals surface area contributed by atoms with Crippen LogP contribution in [0.25, 0.3) is 0 Å². The number of hydrogen-bond acceptors (Lipinski definition) is 5. The molecule has 0 saturated carbocycles. The number of hydrogen-bond donors (Lipinski definition) is 1. The van der Waals surface area contributed by atoms with Crippen molar-refractivity contribution in [3.8, 4) is 6.07 Å². The van der Waals surface area contributed by atoms with Crippen LogP contribution in [-0.2, 0) is 19.7 Å². The number of carbonyl (C=O) groups excluding carboxylic acids is 1. The summed E-state index contributed by atoms with van der Waals surface area (Å²) in [5, 5.41) is 14.1. The number of nitrogens with zero attached hydrogens (tertiary/aromatic N) is 2. The summed E-state index contributed by atoms with van der Waals surface area (Å²) in [5.74, 6) is -3.48. The molecular formula is C31H35Cl2F2N3O3. The number of carbonyl (C=O) groups is 1. The molecule has 10 heteroatoms. The topological polar surface area (TPSA) is 74.6 Å². The van der Waals surface area contributed by atoms with Gasteiger partial charge in [0.15, 0.2) is 5.79 Å². The second-order valence-corrected chi connectivity index (χ2v) is 13.4. The molecule has 0 bridgehead atoms. The number of piperidine rings is 1. The van der Waals surface area contributed by atoms with Crippen molar-refractivity contribution in [3.63, 3.8) is 0 Å². The van der Waals surface area contributed by atoms with Crippen LogP contribution in [0.3, 0.4) is 0 Å². The van der Waals surface area contributed by atoms with Crippen LogP contribution in [0, 0.1) is 28.4 Å². The molecule has 0 spiro atoms. The van der Waals surface area contributed by atoms with Crippen molar-refractivity contribution in [2.75, 3.05) is 19.7 Å². The highest BCUT2D eigenvalue weighted by Gasteiger charge is 2.66. The van der Waals surface area contributed by atoms with E-state index in [1.165, 1.54) is 18.2 Å². The van der Waals surface area contributed by atoms with Gasteiger partial charge in [0, 0.05) is 29.1 Å². The molecule has 0 unspecified atom stereocenters. The summed E-state index contributed by atoms with van der Waals surface area (Å²) in [6, 6.07) is 9.66. The van der Waals surface area contributed by atoms with Gasteiger partial charge in [0.25, 0.3) is 0 Å². The quantitative estimate of drug-likeness (QED) is 0.415. The molecule has 3 heterocycles. The maximum absolute atomic E-state index is 15.9. The molecule has 6 nitrogen and oxygen atoms in total. The molecule has 0 aliphatic carbocycles. The zero-order valence-corrected chi connectivity index (χ0v) is 25.2. The molecule has 1 N–H and O–H groups in total. The Balaban J connectivity index is 1.61. The lowest BCUT2D eigenvalue weighted by atomic mass is 9.61. The summed E-state index contributed by atoms with van der Waals surface area (Å²) < 4.78 is 43.2. The third-order valence-corrected chi connectivity index (χ3v) is 9.39. The van der Waals surface area contributed by atoms with E-state index in [1.54, 1.807) is 12.1 Å². The fourth-order valence-corrected chi connectivity index (χ4v) is 7.29. The Morgan fingerprint density at radius 3 is 2.61 bits per heavy atom. The van der Waals surface area contributed by atoms with E-state index in [-0.39, 0.29) is 38.6 Å². The lowest BCUT2D eigenvalue weighted by Gasteiger charge is -2.45. The Labute approximate surface area is 249 Å². The second kappa shape index (κ2) is 11.1. The average Bonchev–Trinajstić information content (AvgIpc) is 3.38. The molecule has 3 aliphatic rings. The van der Waals surface area contributed by atoms with Gasteiger partial charge in [0.1, 0.15) is 17.0 Å². The maximum atomic E-state index is 15.9. The van der Waals surface area contributed by atoms with Crippen LogP contribution in [-0.4, -0.2) is 54.5 Å². The summed E-state index contributed by atoms with van der Waals surface area (Å²) in [4.78, 5) is 16.1. The highest BCUT2D eigenvalue weighted by Crippen LogP contribution is 2.58. The summed E-state index contributed by atoms with van der Waals surface area (Å²) in [6.45, 7) is 9.06. The zero-order valence-electron chi connectivity index (χ0n) is 23.6. The third kappa shape index (κ3) is 5.48. The number of fused-ring (bicyclic) bond motifs is 1. The first-order valence-electron chi connectivity index (χ1n) is 14.0. The third-order valence-electron chi connectivity index (χ3n) is 8.86. The SMILES string of the molecule is CC1(C)CCN2[C@@H](C1)[C@](C#N)(c1ccc(Cl)cc1F)[C@@H](c1cccc(Cl)c1F)[C@@H]2C(=O)NCC[C@H]1COC(C)(C)O1. The van der Waals surface area contributed by atoms with Gasteiger partial charge in [0.2, 0.25) is 5.91 Å². The molecule has 3 saturated heterocycles. The predicted molar refractivity (Wildman–Crippen MR) is 153 cm³/mol. The Kier molecular flexibility index (Phi) is 8.17. The molecule has 2 aromatic carbocycles. The van der Waals surface area contributed by atoms with E-state index in [2.05, 4.69) is 25.2 Å². The van der Waals surface area contributed by atoms with Crippen LogP contribution in [0.2, 0.25) is 10.0 Å². The van der Waals surface area contributed by atoms with Crippen LogP contribution in [0.1, 0.15) is 64.0 Å². The van der Waals surface area contributed by atoms with Crippen LogP contribution < -0.4 is 5.32 Å². The number of nitriles is 1. The molecule has 3 fully saturated rings. The number of rotatable bonds is 6. The molecule has 2 aromatic rings. The van der Waals surface area contributed by atoms with Gasteiger partial charge in [0.05, 0.1) is 29.8 Å². The Morgan fingerprint density at radius 1 is 1.20 bits per heavy atom. The van der Waals surface area contributed by atoms with E-state index in [0.717, 1.165) is 12.5 Å². The van der Waals surface area contributed by atoms with Crippen molar-refractivity contribution in [1.82, 2.24) is 10.2 Å². The number of ether oxygens (including phenoxy) is 2. The van der Waals surface area contributed by atoms with E-state index >= 15 is 8.78 Å². The van der Waals surface area contributed by atoms with Gasteiger partial charge in [-0.2, -0.15) is 5.26 Å². The molecule has 5 rings (SSSR count). The summed E-state index contributed by atoms with van der Waals surface area (Å²) >= 11 is 12.4. The van der Waals surface area contributed by atoms with Crippen molar-refractivity contribution < 1.29 is 23.0 Å². The summed E-state index contributed by atoms with van der Waals surface area (Å²) in [6.07, 6.45) is 1.60. The van der Waals surface area contributed by atoms with E-state index in [4.69, 9.17) is 32.7 Å². The molecule has 220 valence electrons. The molecule has 0 aromatic heterocycles. The molecule has 0 radical (unpaired) electrons. The van der Waals surface area contributed by atoms with Crippen LogP contribution in [0.4, 0.5) is 8.78 Å². The molecular weight excluding hydrogens is 571 g/mol. The average molecular weight is 607 g/mol. The number of nitrogens with one attached hydrogen (secondary N) is 1. The minimum absolute atomic E-state index is 0.0931. The van der Waals surface area contributed by atoms with Gasteiger partial charge in [-0.1, -0.05) is 55.2 Å². The fraction of sp³-hybridized carbons (Fsp3) is 0.548. The zero-order chi connectivity index (χ0) is 29.7. The highest BCUT2D eigenvalue weighted by molar-refractivity contribution is 6.31. The van der Waals surface area contributed by atoms with Gasteiger partial charge >= 0.3 is 0 Å². The Bertz CT molecular complexity index is 1380. The van der Waals surface area contributed by atoms with Crippen molar-refractivity contribution in [1.29, 1.82) is 5.26 Å². The van der Waals surface area contributed by atoms with E-state index in [0.29, 0.717) is 32.5 Å². The normalized spacial score (nSPS) is 30.5. The predicted octanol–water partition coefficient (Wildman–Crippen LogP) is 6.35. The van der Waals surface area contributed by atoms with E-state index in [1.807, 2.05) is 18.7 Å². The number of halogens is 4. The van der Waals surface area contributed by atoms with Gasteiger partial charge in [-0.15, -0.1) is 0 Å². The van der Waals surface area contributed by atoms with Gasteiger partial charge in [-0.3, -0.25) is 9.69 Å². The van der Waals surface area contributed by atoms with Gasteiger partial charge in [-0.25, -0.2) is 8.78 Å². The largest absolute Gasteiger partial charge is 0.355 e. The Morgan fingerprint density at radius 2 is 1.95 bits per heavy atom. The van der Waals surface area contributed by atoms with Crippen molar-refractivity contribution in [3.05, 3.63) is 69.2 Å². The first kappa shape index (κ1) is 30.2. The van der Waals surface area contributed by atoms with Crippen molar-refractivity contribution in [2.45, 2.75) is 82.3 Å². The minimum atomic E-state index is -1.60. The minimum Gasteiger partial charge on any atom is -0.355 e. The van der Waals surface area contributed by atoms with Crippen LogP contribution in [0.5, 0.6) is 0 Å². The van der Waals surface area contributed by atoms with E-state index in [9.17, 15) is 10.1 Å². The summed E-state index contributed by atoms with van der Waals surface area (Å²) in [5.41, 5.74) is -1.60. The highest BCUT2D eigenvalue weighted by atomic mass is 35.5. The fourth-order valence-electron chi connectivity index (χ4n) is 6.95. The Hall–Kier alpha value is -2.28. The molecule has 1 amide bonds. The number of amides is 1. The molecule has 5 atom stereocenters. The first-order valence-corrected chi connectivity index (χ1v) is 14.7. The lowest BCUT2D eigenvalue weighted by molar-refractivity contribution is -0.139. The van der Waals surface area contributed by atoms with Crippen LogP contribution >= 0.6 is 23.2 Å². The van der Waals surface area contributed by atoms with E-state index < -0.39 is 40.8 Å². The van der Waals surface area contributed by atoms with Crippen molar-refractivity contribution in [2.24, 2.45) is 5.41 Å². The maximum Gasteiger partial charge on any atom is 0.238 e. The molecule has 41 heavy (non-hydrogen) atoms. The smallest absolute Gasteiger partial charge is 0.238 e. The standard InChI is InChI=1S/C31H35Cl2F2N3O3/c1-29(2)11-13-38-24(15-29)31(17-36,21-9-8-18(32)14-23(21)34)25(20-6-5-7-22(33)26(20)35)27(38)28(39)37-12-10-19-16-40-30(3,4)41-19/h5-9,14,19,24-25,27H,10-13,15-16H2,1-4H3,(H,37,39)/t19-,24-,25-,27+,31-/m0/s1. The van der Waals surface area contributed by atoms with Gasteiger partial charge in [-0.05, 0) is 68.8 Å². The second-order valence-electron chi connectivity index (χ2n) is 12.6. The van der Waals surface area contributed by atoms with Gasteiger partial charge < -0.3 is 14.8 Å². The first-order chi connectivity index (χ1) is 19.3. The van der Waals surface area contributed by atoms with Crippen LogP contribution in [0.15, 0.2) is 36.4 Å². The lowest BCUT2D eigenvalue weighted by Crippen LogP contribution is -2.53. The van der Waals surface area contributed by atoms with Crippen molar-refractivity contribution >= 4 is 29.1 Å².